The predicted molar refractivity (Wildman–Crippen MR) is 81.8 cm³/mol. The molecule has 0 saturated heterocycles. The summed E-state index contributed by atoms with van der Waals surface area (Å²) >= 11 is 0.783. The Kier molecular flexibility index (Phi) is 12.9. The summed E-state index contributed by atoms with van der Waals surface area (Å²) in [4.78, 5) is 0. The van der Waals surface area contributed by atoms with Crippen LogP contribution in [0.1, 0.15) is 85.5 Å². The summed E-state index contributed by atoms with van der Waals surface area (Å²) in [6.45, 7) is 9.31. The van der Waals surface area contributed by atoms with E-state index < -0.39 is 0 Å². The van der Waals surface area contributed by atoms with E-state index in [1.54, 1.807) is 10.0 Å². The Morgan fingerprint density at radius 1 is 0.765 bits per heavy atom. The van der Waals surface area contributed by atoms with Gasteiger partial charge in [0, 0.05) is 0 Å². The van der Waals surface area contributed by atoms with Crippen molar-refractivity contribution in [2.24, 2.45) is 0 Å². The van der Waals surface area contributed by atoms with Crippen molar-refractivity contribution in [3.63, 3.8) is 0 Å². The van der Waals surface area contributed by atoms with Gasteiger partial charge in [-0.25, -0.2) is 0 Å². The standard InChI is InChI=1S/C16H32Se/c1-5-8-10-11-13-16(12-7-3)15(4)17-14-9-6-2/h5-14H2,1-4H3/b16-15+. The van der Waals surface area contributed by atoms with Gasteiger partial charge in [-0.1, -0.05) is 0 Å². The number of rotatable bonds is 11. The summed E-state index contributed by atoms with van der Waals surface area (Å²) in [5.41, 5.74) is 1.81. The van der Waals surface area contributed by atoms with Crippen molar-refractivity contribution in [1.82, 2.24) is 0 Å². The molecular weight excluding hydrogens is 271 g/mol. The van der Waals surface area contributed by atoms with E-state index in [-0.39, 0.29) is 0 Å². The summed E-state index contributed by atoms with van der Waals surface area (Å²) in [6, 6.07) is 0. The molecule has 0 heterocycles. The zero-order valence-electron chi connectivity index (χ0n) is 12.5. The maximum absolute atomic E-state index is 2.40. The van der Waals surface area contributed by atoms with Crippen LogP contribution >= 0.6 is 0 Å². The van der Waals surface area contributed by atoms with Crippen LogP contribution in [0.25, 0.3) is 0 Å². The summed E-state index contributed by atoms with van der Waals surface area (Å²) < 4.78 is 1.77. The van der Waals surface area contributed by atoms with Gasteiger partial charge < -0.3 is 0 Å². The fraction of sp³-hybridized carbons (Fsp3) is 0.875. The number of hydrogen-bond acceptors (Lipinski definition) is 0. The van der Waals surface area contributed by atoms with Crippen LogP contribution < -0.4 is 0 Å². The van der Waals surface area contributed by atoms with E-state index >= 15 is 0 Å². The third-order valence-electron chi connectivity index (χ3n) is 3.20. The molecule has 0 aromatic heterocycles. The molecule has 0 amide bonds. The molecule has 0 aromatic rings. The molecule has 0 atom stereocenters. The fourth-order valence-corrected chi connectivity index (χ4v) is 4.42. The van der Waals surface area contributed by atoms with Crippen LogP contribution in [-0.4, -0.2) is 15.0 Å². The minimum atomic E-state index is 0.783. The van der Waals surface area contributed by atoms with Crippen LogP contribution in [-0.2, 0) is 0 Å². The van der Waals surface area contributed by atoms with E-state index in [1.165, 1.54) is 63.1 Å². The van der Waals surface area contributed by atoms with Gasteiger partial charge in [-0.3, -0.25) is 0 Å². The van der Waals surface area contributed by atoms with Gasteiger partial charge in [0.05, 0.1) is 0 Å². The first-order valence-electron chi connectivity index (χ1n) is 7.57. The Morgan fingerprint density at radius 3 is 2.06 bits per heavy atom. The zero-order chi connectivity index (χ0) is 12.9. The molecule has 0 N–H and O–H groups in total. The Morgan fingerprint density at radius 2 is 1.47 bits per heavy atom. The quantitative estimate of drug-likeness (QED) is 0.326. The van der Waals surface area contributed by atoms with E-state index in [2.05, 4.69) is 27.7 Å². The first-order chi connectivity index (χ1) is 8.26. The van der Waals surface area contributed by atoms with Crippen LogP contribution in [0.15, 0.2) is 10.0 Å². The van der Waals surface area contributed by atoms with Crippen LogP contribution in [0.3, 0.4) is 0 Å². The molecule has 0 unspecified atom stereocenters. The third-order valence-corrected chi connectivity index (χ3v) is 5.75. The molecule has 0 saturated carbocycles. The van der Waals surface area contributed by atoms with Crippen LogP contribution in [0.4, 0.5) is 0 Å². The molecule has 0 rings (SSSR count). The average Bonchev–Trinajstić information content (AvgIpc) is 2.33. The van der Waals surface area contributed by atoms with E-state index in [0.717, 1.165) is 15.0 Å². The number of allylic oxidation sites excluding steroid dienone is 2. The van der Waals surface area contributed by atoms with Crippen molar-refractivity contribution in [1.29, 1.82) is 0 Å². The second-order valence-electron chi connectivity index (χ2n) is 4.92. The van der Waals surface area contributed by atoms with Crippen molar-refractivity contribution < 1.29 is 0 Å². The third kappa shape index (κ3) is 9.92. The Hall–Kier alpha value is 0.259. The van der Waals surface area contributed by atoms with Crippen molar-refractivity contribution in [3.8, 4) is 0 Å². The van der Waals surface area contributed by atoms with Crippen LogP contribution in [0.5, 0.6) is 0 Å². The SMILES string of the molecule is CCCCCC/C(CCC)=C(\C)[Se]CCCC. The van der Waals surface area contributed by atoms with Crippen LogP contribution in [0, 0.1) is 0 Å². The predicted octanol–water partition coefficient (Wildman–Crippen LogP) is 5.95. The monoisotopic (exact) mass is 304 g/mol. The van der Waals surface area contributed by atoms with E-state index in [4.69, 9.17) is 0 Å². The summed E-state index contributed by atoms with van der Waals surface area (Å²) in [5, 5.41) is 1.46. The molecule has 0 radical (unpaired) electrons. The zero-order valence-corrected chi connectivity index (χ0v) is 14.2. The van der Waals surface area contributed by atoms with Crippen molar-refractivity contribution >= 4 is 15.0 Å². The summed E-state index contributed by atoms with van der Waals surface area (Å²) in [6.07, 6.45) is 12.5. The normalized spacial score (nSPS) is 12.7. The minimum absolute atomic E-state index is 0.783. The molecule has 17 heavy (non-hydrogen) atoms. The molecular formula is C16H32Se. The van der Waals surface area contributed by atoms with E-state index in [0.29, 0.717) is 0 Å². The second-order valence-corrected chi connectivity index (χ2v) is 7.67. The summed E-state index contributed by atoms with van der Waals surface area (Å²) in [7, 11) is 0. The Balaban J connectivity index is 4.02. The van der Waals surface area contributed by atoms with E-state index in [1.807, 2.05) is 0 Å². The Bertz CT molecular complexity index is 194. The molecule has 0 aliphatic heterocycles. The van der Waals surface area contributed by atoms with Gasteiger partial charge in [0.1, 0.15) is 0 Å². The van der Waals surface area contributed by atoms with Gasteiger partial charge in [-0.15, -0.1) is 0 Å². The number of hydrogen-bond donors (Lipinski definition) is 0. The molecule has 0 spiro atoms. The molecule has 0 fully saturated rings. The van der Waals surface area contributed by atoms with Gasteiger partial charge >= 0.3 is 116 Å². The fourth-order valence-electron chi connectivity index (χ4n) is 2.02. The van der Waals surface area contributed by atoms with Crippen molar-refractivity contribution in [2.75, 3.05) is 0 Å². The van der Waals surface area contributed by atoms with E-state index in [9.17, 15) is 0 Å². The molecule has 1 heteroatoms. The van der Waals surface area contributed by atoms with Gasteiger partial charge in [-0.2, -0.15) is 0 Å². The second kappa shape index (κ2) is 12.7. The molecule has 102 valence electrons. The van der Waals surface area contributed by atoms with Crippen molar-refractivity contribution in [2.45, 2.75) is 90.8 Å². The first kappa shape index (κ1) is 17.3. The van der Waals surface area contributed by atoms with Crippen LogP contribution in [0.2, 0.25) is 5.32 Å². The molecule has 0 aliphatic rings. The van der Waals surface area contributed by atoms with Gasteiger partial charge in [0.15, 0.2) is 0 Å². The van der Waals surface area contributed by atoms with Gasteiger partial charge in [0.25, 0.3) is 0 Å². The number of unbranched alkanes of at least 4 members (excludes halogenated alkanes) is 4. The Labute approximate surface area is 116 Å². The first-order valence-corrected chi connectivity index (χ1v) is 9.64. The van der Waals surface area contributed by atoms with Gasteiger partial charge in [0.2, 0.25) is 0 Å². The summed E-state index contributed by atoms with van der Waals surface area (Å²) in [5.74, 6) is 0. The topological polar surface area (TPSA) is 0 Å². The molecule has 0 aromatic carbocycles. The van der Waals surface area contributed by atoms with Gasteiger partial charge in [-0.05, 0) is 0 Å². The molecule has 0 nitrogen and oxygen atoms in total. The van der Waals surface area contributed by atoms with Crippen molar-refractivity contribution in [3.05, 3.63) is 10.0 Å². The maximum atomic E-state index is 2.40. The molecule has 0 bridgehead atoms. The average molecular weight is 303 g/mol. The molecule has 0 aliphatic carbocycles.